The quantitative estimate of drug-likeness (QED) is 0.426. The molecule has 0 spiro atoms. The number of esters is 1. The Morgan fingerprint density at radius 3 is 2.72 bits per heavy atom. The van der Waals surface area contributed by atoms with Gasteiger partial charge in [0, 0.05) is 35.7 Å². The number of carbonyl (C=O) groups excluding carboxylic acids is 2. The number of ether oxygens (including phenoxy) is 2. The second-order valence-electron chi connectivity index (χ2n) is 8.21. The number of anilines is 1. The fourth-order valence-corrected chi connectivity index (χ4v) is 4.83. The number of allylic oxidation sites excluding steroid dienone is 2. The number of methoxy groups -OCH3 is 1. The zero-order valence-corrected chi connectivity index (χ0v) is 18.2. The predicted octanol–water partition coefficient (Wildman–Crippen LogP) is 5.73. The Kier molecular flexibility index (Phi) is 5.17. The van der Waals surface area contributed by atoms with E-state index < -0.39 is 0 Å². The SMILES string of the molecule is CCC(=O)Oc1ccc([C@H]2C3=C(CCCC3=O)Nc3ccc4ccccc4c32)cc1OC. The molecule has 1 N–H and O–H groups in total. The van der Waals surface area contributed by atoms with E-state index in [4.69, 9.17) is 9.47 Å². The molecule has 0 fully saturated rings. The highest BCUT2D eigenvalue weighted by atomic mass is 16.6. The topological polar surface area (TPSA) is 64.6 Å². The number of ketones is 1. The molecule has 5 rings (SSSR count). The molecule has 3 aromatic carbocycles. The van der Waals surface area contributed by atoms with E-state index in [1.807, 2.05) is 24.3 Å². The molecule has 3 aromatic rings. The number of Topliss-reactive ketones (excluding diaryl/α,β-unsaturated/α-hetero) is 1. The maximum atomic E-state index is 13.2. The summed E-state index contributed by atoms with van der Waals surface area (Å²) in [4.78, 5) is 25.0. The van der Waals surface area contributed by atoms with Gasteiger partial charge in [-0.25, -0.2) is 0 Å². The van der Waals surface area contributed by atoms with Crippen LogP contribution >= 0.6 is 0 Å². The van der Waals surface area contributed by atoms with Gasteiger partial charge in [0.1, 0.15) is 0 Å². The van der Waals surface area contributed by atoms with E-state index in [0.717, 1.165) is 51.7 Å². The van der Waals surface area contributed by atoms with Crippen LogP contribution in [0.2, 0.25) is 0 Å². The molecule has 1 heterocycles. The lowest BCUT2D eigenvalue weighted by Gasteiger charge is -2.35. The summed E-state index contributed by atoms with van der Waals surface area (Å²) in [5, 5.41) is 5.80. The number of hydrogen-bond acceptors (Lipinski definition) is 5. The van der Waals surface area contributed by atoms with E-state index in [1.54, 1.807) is 20.1 Å². The number of rotatable bonds is 4. The largest absolute Gasteiger partial charge is 0.493 e. The standard InChI is InChI=1S/C27H25NO4/c1-3-24(30)32-22-14-12-17(15-23(22)31-2)25-26-18-8-5-4-7-16(18)11-13-20(26)28-19-9-6-10-21(29)27(19)25/h4-5,7-8,11-15,25,28H,3,6,9-10H2,1-2H3/t25-/m1/s1. The summed E-state index contributed by atoms with van der Waals surface area (Å²) in [6.07, 6.45) is 2.55. The molecule has 0 saturated carbocycles. The van der Waals surface area contributed by atoms with Crippen LogP contribution in [0.5, 0.6) is 11.5 Å². The minimum atomic E-state index is -0.318. The predicted molar refractivity (Wildman–Crippen MR) is 124 cm³/mol. The Morgan fingerprint density at radius 1 is 1.06 bits per heavy atom. The van der Waals surface area contributed by atoms with Crippen LogP contribution in [0.1, 0.15) is 49.7 Å². The average molecular weight is 428 g/mol. The molecule has 0 bridgehead atoms. The molecule has 1 atom stereocenters. The van der Waals surface area contributed by atoms with Crippen LogP contribution in [0.3, 0.4) is 0 Å². The Bertz CT molecular complexity index is 1270. The lowest BCUT2D eigenvalue weighted by molar-refractivity contribution is -0.134. The average Bonchev–Trinajstić information content (AvgIpc) is 2.83. The van der Waals surface area contributed by atoms with Crippen LogP contribution in [-0.2, 0) is 9.59 Å². The third-order valence-electron chi connectivity index (χ3n) is 6.32. The van der Waals surface area contributed by atoms with E-state index in [2.05, 4.69) is 29.6 Å². The monoisotopic (exact) mass is 427 g/mol. The summed E-state index contributed by atoms with van der Waals surface area (Å²) in [5.41, 5.74) is 4.91. The van der Waals surface area contributed by atoms with Gasteiger partial charge in [-0.3, -0.25) is 9.59 Å². The summed E-state index contributed by atoms with van der Waals surface area (Å²) in [6.45, 7) is 1.75. The molecule has 0 radical (unpaired) electrons. The normalized spacial score (nSPS) is 17.4. The first-order valence-electron chi connectivity index (χ1n) is 11.0. The molecule has 2 aliphatic rings. The fourth-order valence-electron chi connectivity index (χ4n) is 4.83. The molecular formula is C27H25NO4. The van der Waals surface area contributed by atoms with Gasteiger partial charge < -0.3 is 14.8 Å². The lowest BCUT2D eigenvalue weighted by Crippen LogP contribution is -2.27. The minimum absolute atomic E-state index is 0.183. The van der Waals surface area contributed by atoms with Crippen LogP contribution in [0.25, 0.3) is 10.8 Å². The van der Waals surface area contributed by atoms with Gasteiger partial charge in [0.25, 0.3) is 0 Å². The Morgan fingerprint density at radius 2 is 1.91 bits per heavy atom. The Labute approximate surface area is 187 Å². The molecule has 1 aliphatic heterocycles. The van der Waals surface area contributed by atoms with Crippen molar-refractivity contribution in [2.45, 2.75) is 38.5 Å². The first-order valence-corrected chi connectivity index (χ1v) is 11.0. The van der Waals surface area contributed by atoms with E-state index in [0.29, 0.717) is 17.9 Å². The third kappa shape index (κ3) is 3.34. The summed E-state index contributed by atoms with van der Waals surface area (Å²) < 4.78 is 11.0. The van der Waals surface area contributed by atoms with Crippen molar-refractivity contribution in [3.05, 3.63) is 77.0 Å². The van der Waals surface area contributed by atoms with E-state index >= 15 is 0 Å². The molecule has 0 saturated heterocycles. The van der Waals surface area contributed by atoms with Crippen molar-refractivity contribution in [1.82, 2.24) is 0 Å². The first-order chi connectivity index (χ1) is 15.6. The maximum Gasteiger partial charge on any atom is 0.311 e. The maximum absolute atomic E-state index is 13.2. The van der Waals surface area contributed by atoms with Crippen molar-refractivity contribution in [2.24, 2.45) is 0 Å². The van der Waals surface area contributed by atoms with Gasteiger partial charge in [-0.05, 0) is 52.9 Å². The van der Waals surface area contributed by atoms with Gasteiger partial charge in [-0.1, -0.05) is 43.3 Å². The second-order valence-corrected chi connectivity index (χ2v) is 8.21. The van der Waals surface area contributed by atoms with Gasteiger partial charge in [0.15, 0.2) is 17.3 Å². The van der Waals surface area contributed by atoms with Crippen LogP contribution in [0.15, 0.2) is 65.9 Å². The molecule has 32 heavy (non-hydrogen) atoms. The highest BCUT2D eigenvalue weighted by molar-refractivity contribution is 6.04. The number of carbonyl (C=O) groups is 2. The van der Waals surface area contributed by atoms with Crippen LogP contribution < -0.4 is 14.8 Å². The molecule has 0 unspecified atom stereocenters. The molecular weight excluding hydrogens is 402 g/mol. The molecule has 0 aromatic heterocycles. The fraction of sp³-hybridized carbons (Fsp3) is 0.259. The molecule has 162 valence electrons. The summed E-state index contributed by atoms with van der Waals surface area (Å²) in [6, 6.07) is 18.1. The van der Waals surface area contributed by atoms with Crippen molar-refractivity contribution in [3.8, 4) is 11.5 Å². The van der Waals surface area contributed by atoms with Crippen molar-refractivity contribution in [2.75, 3.05) is 12.4 Å². The number of benzene rings is 3. The highest BCUT2D eigenvalue weighted by Crippen LogP contribution is 2.49. The number of nitrogens with one attached hydrogen (secondary N) is 1. The summed E-state index contributed by atoms with van der Waals surface area (Å²) in [7, 11) is 1.56. The zero-order valence-electron chi connectivity index (χ0n) is 18.2. The van der Waals surface area contributed by atoms with Gasteiger partial charge >= 0.3 is 5.97 Å². The first kappa shape index (κ1) is 20.3. The van der Waals surface area contributed by atoms with Gasteiger partial charge in [0.2, 0.25) is 0 Å². The van der Waals surface area contributed by atoms with E-state index in [-0.39, 0.29) is 24.1 Å². The third-order valence-corrected chi connectivity index (χ3v) is 6.32. The van der Waals surface area contributed by atoms with Crippen LogP contribution in [0, 0.1) is 0 Å². The van der Waals surface area contributed by atoms with E-state index in [9.17, 15) is 9.59 Å². The van der Waals surface area contributed by atoms with Crippen LogP contribution in [0.4, 0.5) is 5.69 Å². The molecule has 1 aliphatic carbocycles. The van der Waals surface area contributed by atoms with Crippen molar-refractivity contribution < 1.29 is 19.1 Å². The summed E-state index contributed by atoms with van der Waals surface area (Å²) >= 11 is 0. The lowest BCUT2D eigenvalue weighted by atomic mass is 9.74. The van der Waals surface area contributed by atoms with Gasteiger partial charge in [-0.2, -0.15) is 0 Å². The Balaban J connectivity index is 1.73. The minimum Gasteiger partial charge on any atom is -0.493 e. The zero-order chi connectivity index (χ0) is 22.2. The van der Waals surface area contributed by atoms with Gasteiger partial charge in [-0.15, -0.1) is 0 Å². The molecule has 5 heteroatoms. The number of fused-ring (bicyclic) bond motifs is 3. The van der Waals surface area contributed by atoms with Crippen molar-refractivity contribution in [3.63, 3.8) is 0 Å². The smallest absolute Gasteiger partial charge is 0.311 e. The molecule has 5 nitrogen and oxygen atoms in total. The van der Waals surface area contributed by atoms with Crippen molar-refractivity contribution >= 4 is 28.2 Å². The Hall–Kier alpha value is -3.60. The highest BCUT2D eigenvalue weighted by Gasteiger charge is 2.36. The van der Waals surface area contributed by atoms with Crippen molar-refractivity contribution in [1.29, 1.82) is 0 Å². The van der Waals surface area contributed by atoms with E-state index in [1.165, 1.54) is 0 Å². The summed E-state index contributed by atoms with van der Waals surface area (Å²) in [5.74, 6) is 0.517. The molecule has 0 amide bonds. The van der Waals surface area contributed by atoms with Crippen LogP contribution in [-0.4, -0.2) is 18.9 Å². The number of hydrogen-bond donors (Lipinski definition) is 1. The second kappa shape index (κ2) is 8.15. The van der Waals surface area contributed by atoms with Gasteiger partial charge in [0.05, 0.1) is 7.11 Å².